The number of ether oxygens (including phenoxy) is 2. The summed E-state index contributed by atoms with van der Waals surface area (Å²) in [5, 5.41) is 20.6. The molecule has 8 heterocycles. The fraction of sp³-hybridized carbons (Fsp3) is 0.468. The van der Waals surface area contributed by atoms with E-state index in [9.17, 15) is 23.2 Å². The Morgan fingerprint density at radius 2 is 1.89 bits per heavy atom. The van der Waals surface area contributed by atoms with Crippen molar-refractivity contribution in [2.45, 2.75) is 94.4 Å². The zero-order valence-electron chi connectivity index (χ0n) is 35.6. The van der Waals surface area contributed by atoms with E-state index in [0.29, 0.717) is 42.5 Å². The maximum Gasteiger partial charge on any atom is 0.284 e. The Balaban J connectivity index is 0.647. The van der Waals surface area contributed by atoms with Gasteiger partial charge in [0.2, 0.25) is 11.8 Å². The van der Waals surface area contributed by atoms with Gasteiger partial charge in [0.1, 0.15) is 23.7 Å². The topological polar surface area (TPSA) is 174 Å². The van der Waals surface area contributed by atoms with Crippen LogP contribution in [0.4, 0.5) is 20.3 Å². The van der Waals surface area contributed by atoms with Crippen LogP contribution in [-0.4, -0.2) is 110 Å². The molecule has 2 N–H and O–H groups in total. The number of likely N-dealkylation sites (tertiary alicyclic amines) is 1. The lowest BCUT2D eigenvalue weighted by Gasteiger charge is -2.36. The standard InChI is InChI=1S/C47H48F2N10O6/c48-44(49)43-37(51-47(62)36-22-50-58-18-15-39(52-45(36)58)57-24-33-21-31(57)26-64-33)25-59(54-43)30-7-3-28(4-8-30)23-56-16-13-32(14-17-56)63-19-1-2-27-5-9-34-29(20-27)6-11-38-41(34)42(55-65-38)35-10-12-40(60)53-46(35)61/h5-6,9,11,15,18,20,22,25,28,30-33,35,44H,3-4,7-8,10,12-14,16-17,19,21,23-24,26H2,(H,51,62)(H,53,60,61)/t28?,30?,31-,33-,35?/m1/s1. The molecule has 6 aromatic rings. The first-order chi connectivity index (χ1) is 31.7. The zero-order valence-corrected chi connectivity index (χ0v) is 35.6. The molecule has 0 spiro atoms. The van der Waals surface area contributed by atoms with E-state index in [-0.39, 0.29) is 53.8 Å². The highest BCUT2D eigenvalue weighted by Crippen LogP contribution is 2.38. The number of nitrogens with one attached hydrogen (secondary N) is 2. The zero-order chi connectivity index (χ0) is 44.2. The number of hydrogen-bond donors (Lipinski definition) is 2. The number of carbonyl (C=O) groups excluding carboxylic acids is 3. The van der Waals surface area contributed by atoms with Crippen LogP contribution in [0.15, 0.2) is 59.5 Å². The number of piperidine rings is 2. The van der Waals surface area contributed by atoms with Gasteiger partial charge in [-0.2, -0.15) is 10.2 Å². The first-order valence-corrected chi connectivity index (χ1v) is 22.6. The summed E-state index contributed by atoms with van der Waals surface area (Å²) in [6.45, 7) is 4.59. The van der Waals surface area contributed by atoms with Crippen molar-refractivity contribution in [1.82, 2.24) is 39.8 Å². The highest BCUT2D eigenvalue weighted by atomic mass is 19.3. The van der Waals surface area contributed by atoms with Crippen LogP contribution in [0.25, 0.3) is 27.4 Å². The summed E-state index contributed by atoms with van der Waals surface area (Å²) >= 11 is 0. The second-order valence-corrected chi connectivity index (χ2v) is 18.0. The number of aromatic nitrogens is 6. The summed E-state index contributed by atoms with van der Waals surface area (Å²) in [7, 11) is 0. The molecule has 4 saturated heterocycles. The van der Waals surface area contributed by atoms with Crippen LogP contribution in [0, 0.1) is 17.8 Å². The number of halogens is 2. The molecule has 65 heavy (non-hydrogen) atoms. The van der Waals surface area contributed by atoms with E-state index >= 15 is 0 Å². The van der Waals surface area contributed by atoms with E-state index in [1.807, 2.05) is 36.4 Å². The van der Waals surface area contributed by atoms with Crippen LogP contribution in [0.3, 0.4) is 0 Å². The largest absolute Gasteiger partial charge is 0.374 e. The van der Waals surface area contributed by atoms with Crippen LogP contribution in [-0.2, 0) is 19.1 Å². The van der Waals surface area contributed by atoms with E-state index < -0.39 is 23.9 Å². The predicted molar refractivity (Wildman–Crippen MR) is 234 cm³/mol. The van der Waals surface area contributed by atoms with Gasteiger partial charge in [-0.25, -0.2) is 18.3 Å². The Bertz CT molecular complexity index is 2870. The molecule has 4 aromatic heterocycles. The number of nitrogens with zero attached hydrogens (tertiary/aromatic N) is 8. The maximum absolute atomic E-state index is 14.3. The summed E-state index contributed by atoms with van der Waals surface area (Å²) in [4.78, 5) is 47.3. The summed E-state index contributed by atoms with van der Waals surface area (Å²) in [6, 6.07) is 11.8. The number of morpholine rings is 1. The molecule has 0 radical (unpaired) electrons. The fourth-order valence-electron chi connectivity index (χ4n) is 10.5. The van der Waals surface area contributed by atoms with Gasteiger partial charge in [-0.3, -0.25) is 24.4 Å². The van der Waals surface area contributed by atoms with E-state index in [4.69, 9.17) is 19.0 Å². The lowest BCUT2D eigenvalue weighted by atomic mass is 9.85. The van der Waals surface area contributed by atoms with Crippen molar-refractivity contribution in [3.05, 3.63) is 77.5 Å². The Morgan fingerprint density at radius 3 is 2.68 bits per heavy atom. The maximum atomic E-state index is 14.3. The van der Waals surface area contributed by atoms with Crippen LogP contribution in [0.2, 0.25) is 0 Å². The molecule has 5 aliphatic rings. The Labute approximate surface area is 371 Å². The molecule has 4 aliphatic heterocycles. The van der Waals surface area contributed by atoms with Crippen molar-refractivity contribution < 1.29 is 37.2 Å². The monoisotopic (exact) mass is 886 g/mol. The minimum atomic E-state index is -2.86. The average molecular weight is 887 g/mol. The molecule has 336 valence electrons. The molecule has 1 aliphatic carbocycles. The molecule has 2 bridgehead atoms. The lowest BCUT2D eigenvalue weighted by Crippen LogP contribution is -2.40. The van der Waals surface area contributed by atoms with Crippen LogP contribution in [0.1, 0.15) is 103 Å². The van der Waals surface area contributed by atoms with Crippen molar-refractivity contribution in [2.24, 2.45) is 5.92 Å². The quantitative estimate of drug-likeness (QED) is 0.119. The number of anilines is 2. The van der Waals surface area contributed by atoms with Gasteiger partial charge >= 0.3 is 0 Å². The van der Waals surface area contributed by atoms with E-state index in [1.165, 1.54) is 10.7 Å². The SMILES string of the molecule is O=C1CCC(c2noc3ccc4cc(C#CCOC5CCN(CC6CCC(n7cc(NC(=O)c8cnn9ccc(N%10C[C@H]%11C[C@@H]%10CO%11)nc89)c(C(F)F)n7)CC6)CC5)ccc4c23)C(=O)N1. The van der Waals surface area contributed by atoms with Gasteiger partial charge < -0.3 is 29.1 Å². The van der Waals surface area contributed by atoms with Crippen molar-refractivity contribution in [2.75, 3.05) is 49.6 Å². The number of hydrogen-bond acceptors (Lipinski definition) is 12. The average Bonchev–Trinajstić information content (AvgIpc) is 4.18. The third-order valence-corrected chi connectivity index (χ3v) is 13.9. The smallest absolute Gasteiger partial charge is 0.284 e. The molecule has 1 unspecified atom stereocenters. The van der Waals surface area contributed by atoms with Crippen LogP contribution >= 0.6 is 0 Å². The molecule has 18 heteroatoms. The number of carbonyl (C=O) groups is 3. The number of rotatable bonds is 10. The first kappa shape index (κ1) is 41.4. The minimum absolute atomic E-state index is 0.000735. The third kappa shape index (κ3) is 8.21. The first-order valence-electron chi connectivity index (χ1n) is 22.6. The van der Waals surface area contributed by atoms with Crippen LogP contribution < -0.4 is 15.5 Å². The minimum Gasteiger partial charge on any atom is -0.374 e. The Kier molecular flexibility index (Phi) is 11.0. The normalized spacial score (nSPS) is 24.0. The molecule has 16 nitrogen and oxygen atoms in total. The lowest BCUT2D eigenvalue weighted by molar-refractivity contribution is -0.134. The van der Waals surface area contributed by atoms with Gasteiger partial charge in [-0.15, -0.1) is 0 Å². The summed E-state index contributed by atoms with van der Waals surface area (Å²) in [5.41, 5.74) is 2.10. The molecule has 1 saturated carbocycles. The summed E-state index contributed by atoms with van der Waals surface area (Å²) < 4.78 is 49.2. The summed E-state index contributed by atoms with van der Waals surface area (Å²) in [6.07, 6.45) is 9.20. The van der Waals surface area contributed by atoms with E-state index in [0.717, 1.165) is 98.7 Å². The van der Waals surface area contributed by atoms with Crippen LogP contribution in [0.5, 0.6) is 0 Å². The molecule has 3 amide bonds. The molecule has 11 rings (SSSR count). The van der Waals surface area contributed by atoms with Crippen molar-refractivity contribution >= 4 is 56.6 Å². The Hall–Kier alpha value is -6.29. The van der Waals surface area contributed by atoms with Gasteiger partial charge in [-0.1, -0.05) is 29.1 Å². The molecule has 3 atom stereocenters. The van der Waals surface area contributed by atoms with Gasteiger partial charge in [0, 0.05) is 50.6 Å². The van der Waals surface area contributed by atoms with Crippen molar-refractivity contribution in [3.8, 4) is 11.8 Å². The second-order valence-electron chi connectivity index (χ2n) is 18.0. The molecular formula is C47H48F2N10O6. The third-order valence-electron chi connectivity index (χ3n) is 13.9. The molecular weight excluding hydrogens is 839 g/mol. The highest BCUT2D eigenvalue weighted by molar-refractivity contribution is 6.10. The molecule has 5 fully saturated rings. The second kappa shape index (κ2) is 17.3. The Morgan fingerprint density at radius 1 is 1.03 bits per heavy atom. The van der Waals surface area contributed by atoms with Gasteiger partial charge in [0.15, 0.2) is 16.9 Å². The summed E-state index contributed by atoms with van der Waals surface area (Å²) in [5.74, 6) is 5.92. The predicted octanol–water partition coefficient (Wildman–Crippen LogP) is 6.17. The number of imide groups is 1. The highest BCUT2D eigenvalue weighted by Gasteiger charge is 2.40. The van der Waals surface area contributed by atoms with Gasteiger partial charge in [0.05, 0.1) is 54.1 Å². The fourth-order valence-corrected chi connectivity index (χ4v) is 10.5. The van der Waals surface area contributed by atoms with E-state index in [2.05, 4.69) is 47.6 Å². The number of amides is 3. The van der Waals surface area contributed by atoms with Gasteiger partial charge in [0.25, 0.3) is 12.3 Å². The number of benzene rings is 2. The number of fused-ring (bicyclic) bond motifs is 6. The van der Waals surface area contributed by atoms with E-state index in [1.54, 1.807) is 17.1 Å². The van der Waals surface area contributed by atoms with Crippen molar-refractivity contribution in [1.29, 1.82) is 0 Å². The molecule has 2 aromatic carbocycles. The number of alkyl halides is 2. The van der Waals surface area contributed by atoms with Gasteiger partial charge in [-0.05, 0) is 92.3 Å². The van der Waals surface area contributed by atoms with Crippen molar-refractivity contribution in [3.63, 3.8) is 0 Å².